The maximum absolute atomic E-state index is 12.4. The molecule has 4 nitrogen and oxygen atoms in total. The summed E-state index contributed by atoms with van der Waals surface area (Å²) in [5.74, 6) is -0.735. The first-order valence-corrected chi connectivity index (χ1v) is 6.84. The Hall–Kier alpha value is -1.85. The van der Waals surface area contributed by atoms with Crippen LogP contribution in [0.1, 0.15) is 15.9 Å². The van der Waals surface area contributed by atoms with E-state index in [1.165, 1.54) is 6.07 Å². The minimum Gasteiger partial charge on any atom is -0.408 e. The number of carbonyl (C=O) groups excluding carboxylic acids is 1. The van der Waals surface area contributed by atoms with Crippen LogP contribution in [-0.2, 0) is 0 Å². The van der Waals surface area contributed by atoms with Crippen molar-refractivity contribution in [3.63, 3.8) is 0 Å². The number of hydrogen-bond acceptors (Lipinski definition) is 3. The van der Waals surface area contributed by atoms with Gasteiger partial charge in [-0.05, 0) is 52.3 Å². The smallest absolute Gasteiger partial charge is 0.408 e. The summed E-state index contributed by atoms with van der Waals surface area (Å²) in [5.41, 5.74) is 1.80. The molecule has 0 saturated heterocycles. The number of carbonyl (C=O) groups is 1. The molecule has 0 atom stereocenters. The first-order valence-electron chi connectivity index (χ1n) is 5.67. The number of rotatable bonds is 2. The van der Waals surface area contributed by atoms with Gasteiger partial charge in [-0.1, -0.05) is 11.6 Å². The van der Waals surface area contributed by atoms with Crippen molar-refractivity contribution in [1.82, 2.24) is 4.98 Å². The van der Waals surface area contributed by atoms with Gasteiger partial charge in [0.15, 0.2) is 11.4 Å². The first kappa shape index (κ1) is 13.1. The molecule has 6 heteroatoms. The molecule has 0 aliphatic heterocycles. The molecule has 2 aromatic carbocycles. The van der Waals surface area contributed by atoms with Crippen LogP contribution in [0.3, 0.4) is 0 Å². The van der Waals surface area contributed by atoms with E-state index in [1.807, 2.05) is 0 Å². The monoisotopic (exact) mass is 351 g/mol. The molecule has 0 aliphatic carbocycles. The van der Waals surface area contributed by atoms with E-state index >= 15 is 0 Å². The molecule has 1 heterocycles. The maximum Gasteiger partial charge on any atom is 0.417 e. The fourth-order valence-electron chi connectivity index (χ4n) is 1.89. The van der Waals surface area contributed by atoms with E-state index in [0.717, 1.165) is 4.47 Å². The average Bonchev–Trinajstić information content (AvgIpc) is 2.80. The SMILES string of the molecule is O=C(c1ccc(Br)c(Cl)c1)c1ccc2[nH]c(=O)oc2c1. The zero-order valence-corrected chi connectivity index (χ0v) is 12.3. The van der Waals surface area contributed by atoms with Crippen LogP contribution >= 0.6 is 27.5 Å². The molecule has 3 rings (SSSR count). The highest BCUT2D eigenvalue weighted by Gasteiger charge is 2.12. The molecule has 0 spiro atoms. The van der Waals surface area contributed by atoms with E-state index in [4.69, 9.17) is 16.0 Å². The Bertz CT molecular complexity index is 882. The Morgan fingerprint density at radius 1 is 1.15 bits per heavy atom. The summed E-state index contributed by atoms with van der Waals surface area (Å²) in [6.07, 6.45) is 0. The zero-order chi connectivity index (χ0) is 14.3. The third-order valence-corrected chi connectivity index (χ3v) is 4.10. The quantitative estimate of drug-likeness (QED) is 0.714. The predicted molar refractivity (Wildman–Crippen MR) is 79.4 cm³/mol. The van der Waals surface area contributed by atoms with Crippen molar-refractivity contribution in [2.24, 2.45) is 0 Å². The fourth-order valence-corrected chi connectivity index (χ4v) is 2.32. The molecule has 0 fully saturated rings. The third-order valence-electron chi connectivity index (χ3n) is 2.86. The number of H-pyrrole nitrogens is 1. The van der Waals surface area contributed by atoms with Crippen molar-refractivity contribution in [2.75, 3.05) is 0 Å². The number of ketones is 1. The fraction of sp³-hybridized carbons (Fsp3) is 0. The Morgan fingerprint density at radius 3 is 2.60 bits per heavy atom. The number of halogens is 2. The minimum absolute atomic E-state index is 0.190. The molecule has 100 valence electrons. The van der Waals surface area contributed by atoms with Gasteiger partial charge in [-0.3, -0.25) is 9.78 Å². The van der Waals surface area contributed by atoms with Gasteiger partial charge < -0.3 is 4.42 Å². The summed E-state index contributed by atoms with van der Waals surface area (Å²) >= 11 is 9.25. The van der Waals surface area contributed by atoms with Crippen LogP contribution in [0, 0.1) is 0 Å². The van der Waals surface area contributed by atoms with Gasteiger partial charge in [0.05, 0.1) is 10.5 Å². The van der Waals surface area contributed by atoms with Crippen molar-refractivity contribution in [3.05, 3.63) is 67.6 Å². The normalized spacial score (nSPS) is 10.9. The van der Waals surface area contributed by atoms with Gasteiger partial charge in [0.2, 0.25) is 0 Å². The van der Waals surface area contributed by atoms with Crippen molar-refractivity contribution in [1.29, 1.82) is 0 Å². The molecule has 1 N–H and O–H groups in total. The summed E-state index contributed by atoms with van der Waals surface area (Å²) < 4.78 is 5.67. The second-order valence-corrected chi connectivity index (χ2v) is 5.45. The van der Waals surface area contributed by atoms with Gasteiger partial charge in [0.25, 0.3) is 0 Å². The number of fused-ring (bicyclic) bond motifs is 1. The molecular weight excluding hydrogens is 346 g/mol. The number of hydrogen-bond donors (Lipinski definition) is 1. The minimum atomic E-state index is -0.545. The lowest BCUT2D eigenvalue weighted by molar-refractivity contribution is 0.103. The summed E-state index contributed by atoms with van der Waals surface area (Å²) in [6, 6.07) is 9.78. The van der Waals surface area contributed by atoms with Gasteiger partial charge in [0.1, 0.15) is 0 Å². The van der Waals surface area contributed by atoms with Crippen LogP contribution in [0.4, 0.5) is 0 Å². The second-order valence-electron chi connectivity index (χ2n) is 4.18. The Labute approximate surface area is 126 Å². The molecule has 20 heavy (non-hydrogen) atoms. The highest BCUT2D eigenvalue weighted by molar-refractivity contribution is 9.10. The molecule has 0 aliphatic rings. The van der Waals surface area contributed by atoms with E-state index in [-0.39, 0.29) is 5.78 Å². The molecule has 0 radical (unpaired) electrons. The molecule has 0 amide bonds. The number of aromatic amines is 1. The van der Waals surface area contributed by atoms with E-state index < -0.39 is 5.76 Å². The average molecular weight is 353 g/mol. The molecule has 0 unspecified atom stereocenters. The van der Waals surface area contributed by atoms with Gasteiger partial charge in [-0.15, -0.1) is 0 Å². The molecule has 3 aromatic rings. The van der Waals surface area contributed by atoms with E-state index in [2.05, 4.69) is 20.9 Å². The van der Waals surface area contributed by atoms with E-state index in [0.29, 0.717) is 27.2 Å². The van der Waals surface area contributed by atoms with Crippen LogP contribution in [0.25, 0.3) is 11.1 Å². The molecule has 1 aromatic heterocycles. The summed E-state index contributed by atoms with van der Waals surface area (Å²) in [6.45, 7) is 0. The third kappa shape index (κ3) is 2.30. The molecular formula is C14H7BrClNO3. The lowest BCUT2D eigenvalue weighted by Gasteiger charge is -2.03. The van der Waals surface area contributed by atoms with Gasteiger partial charge in [-0.2, -0.15) is 0 Å². The van der Waals surface area contributed by atoms with Gasteiger partial charge in [-0.25, -0.2) is 4.79 Å². The number of benzene rings is 2. The van der Waals surface area contributed by atoms with Gasteiger partial charge in [0, 0.05) is 15.6 Å². The first-order chi connectivity index (χ1) is 9.54. The largest absolute Gasteiger partial charge is 0.417 e. The Kier molecular flexibility index (Phi) is 3.23. The van der Waals surface area contributed by atoms with Gasteiger partial charge >= 0.3 is 5.76 Å². The van der Waals surface area contributed by atoms with Crippen LogP contribution < -0.4 is 5.76 Å². The standard InChI is InChI=1S/C14H7BrClNO3/c15-9-3-1-7(5-10(9)16)13(18)8-2-4-11-12(6-8)20-14(19)17-11/h1-6H,(H,17,19). The Balaban J connectivity index is 2.07. The number of nitrogens with one attached hydrogen (secondary N) is 1. The van der Waals surface area contributed by atoms with Crippen molar-refractivity contribution >= 4 is 44.4 Å². The predicted octanol–water partition coefficient (Wildman–Crippen LogP) is 3.77. The zero-order valence-electron chi connectivity index (χ0n) is 9.94. The van der Waals surface area contributed by atoms with Crippen molar-refractivity contribution < 1.29 is 9.21 Å². The van der Waals surface area contributed by atoms with Crippen LogP contribution in [0.5, 0.6) is 0 Å². The van der Waals surface area contributed by atoms with Crippen LogP contribution in [0.15, 0.2) is 50.1 Å². The van der Waals surface area contributed by atoms with Crippen LogP contribution in [0.2, 0.25) is 5.02 Å². The highest BCUT2D eigenvalue weighted by atomic mass is 79.9. The lowest BCUT2D eigenvalue weighted by Crippen LogP contribution is -2.00. The van der Waals surface area contributed by atoms with Crippen molar-refractivity contribution in [3.8, 4) is 0 Å². The number of aromatic nitrogens is 1. The summed E-state index contributed by atoms with van der Waals surface area (Å²) in [5, 5.41) is 0.463. The van der Waals surface area contributed by atoms with E-state index in [9.17, 15) is 9.59 Å². The molecule has 0 bridgehead atoms. The van der Waals surface area contributed by atoms with E-state index in [1.54, 1.807) is 30.3 Å². The summed E-state index contributed by atoms with van der Waals surface area (Å²) in [7, 11) is 0. The van der Waals surface area contributed by atoms with Crippen molar-refractivity contribution in [2.45, 2.75) is 0 Å². The topological polar surface area (TPSA) is 63.1 Å². The lowest BCUT2D eigenvalue weighted by atomic mass is 10.0. The Morgan fingerprint density at radius 2 is 1.85 bits per heavy atom. The number of oxazole rings is 1. The summed E-state index contributed by atoms with van der Waals surface area (Å²) in [4.78, 5) is 26.0. The second kappa shape index (κ2) is 4.92. The molecule has 0 saturated carbocycles. The van der Waals surface area contributed by atoms with Crippen LogP contribution in [-0.4, -0.2) is 10.8 Å². The highest BCUT2D eigenvalue weighted by Crippen LogP contribution is 2.25. The maximum atomic E-state index is 12.4.